The summed E-state index contributed by atoms with van der Waals surface area (Å²) in [5.41, 5.74) is 6.47. The van der Waals surface area contributed by atoms with Crippen LogP contribution in [0.4, 0.5) is 0 Å². The Labute approximate surface area is 81.9 Å². The van der Waals surface area contributed by atoms with E-state index in [9.17, 15) is 4.79 Å². The number of nitrogens with one attached hydrogen (secondary N) is 1. The summed E-state index contributed by atoms with van der Waals surface area (Å²) < 4.78 is 0. The number of hydrogen-bond donors (Lipinski definition) is 2. The van der Waals surface area contributed by atoms with Crippen LogP contribution in [0.15, 0.2) is 16.9 Å². The van der Waals surface area contributed by atoms with E-state index in [1.54, 1.807) is 6.07 Å². The minimum Gasteiger partial charge on any atom is -0.324 e. The maximum absolute atomic E-state index is 10.9. The number of H-pyrrole nitrogens is 1. The Hall–Kier alpha value is -0.800. The number of aromatic nitrogens is 1. The van der Waals surface area contributed by atoms with Gasteiger partial charge in [0.25, 0.3) is 0 Å². The van der Waals surface area contributed by atoms with Gasteiger partial charge in [0.05, 0.1) is 0 Å². The molecular formula is C9H13ClN2O. The van der Waals surface area contributed by atoms with Crippen LogP contribution in [0, 0.1) is 5.92 Å². The third-order valence-corrected chi connectivity index (χ3v) is 2.29. The minimum atomic E-state index is -0.204. The van der Waals surface area contributed by atoms with Gasteiger partial charge in [-0.15, -0.1) is 0 Å². The number of nitrogens with two attached hydrogens (primary N) is 1. The van der Waals surface area contributed by atoms with Crippen molar-refractivity contribution in [2.45, 2.75) is 19.9 Å². The molecule has 0 aliphatic carbocycles. The number of hydrogen-bond acceptors (Lipinski definition) is 2. The molecule has 72 valence electrons. The Morgan fingerprint density at radius 2 is 2.08 bits per heavy atom. The van der Waals surface area contributed by atoms with Gasteiger partial charge in [-0.3, -0.25) is 4.79 Å². The molecule has 0 aliphatic heterocycles. The fourth-order valence-corrected chi connectivity index (χ4v) is 1.36. The van der Waals surface area contributed by atoms with Crippen LogP contribution < -0.4 is 11.3 Å². The molecule has 1 aromatic heterocycles. The molecule has 0 radical (unpaired) electrons. The van der Waals surface area contributed by atoms with Gasteiger partial charge in [0.1, 0.15) is 5.15 Å². The zero-order chi connectivity index (χ0) is 10.0. The number of aromatic amines is 1. The average molecular weight is 201 g/mol. The number of rotatable bonds is 2. The van der Waals surface area contributed by atoms with Gasteiger partial charge in [0.15, 0.2) is 0 Å². The highest BCUT2D eigenvalue weighted by atomic mass is 35.5. The van der Waals surface area contributed by atoms with Gasteiger partial charge >= 0.3 is 0 Å². The van der Waals surface area contributed by atoms with Crippen LogP contribution in [0.5, 0.6) is 0 Å². The van der Waals surface area contributed by atoms with Gasteiger partial charge in [-0.1, -0.05) is 25.4 Å². The van der Waals surface area contributed by atoms with E-state index < -0.39 is 0 Å². The molecule has 1 atom stereocenters. The third kappa shape index (κ3) is 2.32. The van der Waals surface area contributed by atoms with Crippen LogP contribution >= 0.6 is 11.6 Å². The lowest BCUT2D eigenvalue weighted by Gasteiger charge is -2.16. The van der Waals surface area contributed by atoms with Gasteiger partial charge in [-0.25, -0.2) is 0 Å². The van der Waals surface area contributed by atoms with E-state index in [1.807, 2.05) is 13.8 Å². The lowest BCUT2D eigenvalue weighted by atomic mass is 9.99. The van der Waals surface area contributed by atoms with E-state index in [0.717, 1.165) is 5.56 Å². The second kappa shape index (κ2) is 3.94. The Morgan fingerprint density at radius 3 is 2.54 bits per heavy atom. The van der Waals surface area contributed by atoms with Gasteiger partial charge in [-0.2, -0.15) is 0 Å². The Morgan fingerprint density at radius 1 is 1.46 bits per heavy atom. The van der Waals surface area contributed by atoms with Crippen molar-refractivity contribution in [1.82, 2.24) is 4.98 Å². The standard InChI is InChI=1S/C9H13ClN2O/c1-5(2)8(11)6-3-4-7(13)12-9(6)10/h3-5,8H,11H2,1-2H3,(H,12,13)/t8-/m1/s1. The molecule has 1 heterocycles. The lowest BCUT2D eigenvalue weighted by Crippen LogP contribution is -2.19. The predicted octanol–water partition coefficient (Wildman–Crippen LogP) is 1.68. The molecule has 4 heteroatoms. The average Bonchev–Trinajstić information content (AvgIpc) is 2.03. The zero-order valence-corrected chi connectivity index (χ0v) is 8.43. The fraction of sp³-hybridized carbons (Fsp3) is 0.444. The van der Waals surface area contributed by atoms with Crippen LogP contribution in [-0.4, -0.2) is 4.98 Å². The molecule has 0 bridgehead atoms. The van der Waals surface area contributed by atoms with E-state index in [0.29, 0.717) is 11.1 Å². The maximum Gasteiger partial charge on any atom is 0.249 e. The topological polar surface area (TPSA) is 58.9 Å². The summed E-state index contributed by atoms with van der Waals surface area (Å²) in [6.45, 7) is 4.01. The van der Waals surface area contributed by atoms with Crippen LogP contribution in [-0.2, 0) is 0 Å². The Balaban J connectivity index is 3.08. The normalized spacial score (nSPS) is 13.3. The molecule has 3 nitrogen and oxygen atoms in total. The fourth-order valence-electron chi connectivity index (χ4n) is 1.08. The first kappa shape index (κ1) is 10.3. The van der Waals surface area contributed by atoms with Crippen molar-refractivity contribution >= 4 is 11.6 Å². The quantitative estimate of drug-likeness (QED) is 0.714. The third-order valence-electron chi connectivity index (χ3n) is 1.98. The molecule has 0 aromatic carbocycles. The highest BCUT2D eigenvalue weighted by Gasteiger charge is 2.13. The van der Waals surface area contributed by atoms with Gasteiger partial charge < -0.3 is 10.7 Å². The monoisotopic (exact) mass is 200 g/mol. The molecule has 0 saturated heterocycles. The van der Waals surface area contributed by atoms with Gasteiger partial charge in [0.2, 0.25) is 5.56 Å². The summed E-state index contributed by atoms with van der Waals surface area (Å²) in [5, 5.41) is 0.341. The lowest BCUT2D eigenvalue weighted by molar-refractivity contribution is 0.513. The number of halogens is 1. The molecule has 0 saturated carbocycles. The molecule has 0 fully saturated rings. The molecule has 1 rings (SSSR count). The molecular weight excluding hydrogens is 188 g/mol. The van der Waals surface area contributed by atoms with Gasteiger partial charge in [0, 0.05) is 17.7 Å². The first-order chi connectivity index (χ1) is 6.02. The van der Waals surface area contributed by atoms with E-state index >= 15 is 0 Å². The second-order valence-corrected chi connectivity index (χ2v) is 3.74. The Kier molecular flexibility index (Phi) is 3.12. The van der Waals surface area contributed by atoms with Crippen LogP contribution in [0.25, 0.3) is 0 Å². The Bertz CT molecular complexity index is 346. The molecule has 3 N–H and O–H groups in total. The highest BCUT2D eigenvalue weighted by molar-refractivity contribution is 6.30. The van der Waals surface area contributed by atoms with E-state index in [2.05, 4.69) is 4.98 Å². The van der Waals surface area contributed by atoms with Gasteiger partial charge in [-0.05, 0) is 12.0 Å². The highest BCUT2D eigenvalue weighted by Crippen LogP contribution is 2.22. The smallest absolute Gasteiger partial charge is 0.249 e. The van der Waals surface area contributed by atoms with Crippen molar-refractivity contribution in [3.05, 3.63) is 33.2 Å². The molecule has 0 amide bonds. The summed E-state index contributed by atoms with van der Waals surface area (Å²) in [6.07, 6.45) is 0. The molecule has 0 unspecified atom stereocenters. The maximum atomic E-state index is 10.9. The van der Waals surface area contributed by atoms with Crippen molar-refractivity contribution in [2.75, 3.05) is 0 Å². The molecule has 0 aliphatic rings. The second-order valence-electron chi connectivity index (χ2n) is 3.36. The summed E-state index contributed by atoms with van der Waals surface area (Å²) in [6, 6.07) is 2.97. The predicted molar refractivity (Wildman–Crippen MR) is 53.8 cm³/mol. The van der Waals surface area contributed by atoms with Crippen LogP contribution in [0.3, 0.4) is 0 Å². The SMILES string of the molecule is CC(C)[C@@H](N)c1ccc(=O)[nH]c1Cl. The van der Waals surface area contributed by atoms with Crippen molar-refractivity contribution in [3.63, 3.8) is 0 Å². The van der Waals surface area contributed by atoms with E-state index in [1.165, 1.54) is 6.07 Å². The molecule has 1 aromatic rings. The first-order valence-corrected chi connectivity index (χ1v) is 4.54. The molecule has 0 spiro atoms. The summed E-state index contributed by atoms with van der Waals surface area (Å²) in [7, 11) is 0. The number of pyridine rings is 1. The summed E-state index contributed by atoms with van der Waals surface area (Å²) in [4.78, 5) is 13.4. The summed E-state index contributed by atoms with van der Waals surface area (Å²) in [5.74, 6) is 0.295. The van der Waals surface area contributed by atoms with Crippen LogP contribution in [0.2, 0.25) is 5.15 Å². The van der Waals surface area contributed by atoms with Crippen molar-refractivity contribution in [2.24, 2.45) is 11.7 Å². The molecule has 13 heavy (non-hydrogen) atoms. The van der Waals surface area contributed by atoms with E-state index in [4.69, 9.17) is 17.3 Å². The zero-order valence-electron chi connectivity index (χ0n) is 7.67. The van der Waals surface area contributed by atoms with Crippen molar-refractivity contribution in [3.8, 4) is 0 Å². The van der Waals surface area contributed by atoms with E-state index in [-0.39, 0.29) is 11.6 Å². The minimum absolute atomic E-state index is 0.135. The first-order valence-electron chi connectivity index (χ1n) is 4.16. The van der Waals surface area contributed by atoms with Crippen molar-refractivity contribution < 1.29 is 0 Å². The van der Waals surface area contributed by atoms with Crippen LogP contribution in [0.1, 0.15) is 25.5 Å². The summed E-state index contributed by atoms with van der Waals surface area (Å²) >= 11 is 5.83. The van der Waals surface area contributed by atoms with Crippen molar-refractivity contribution in [1.29, 1.82) is 0 Å². The largest absolute Gasteiger partial charge is 0.324 e.